The minimum Gasteiger partial charge on any atom is -0.466 e. The molecule has 0 bridgehead atoms. The summed E-state index contributed by atoms with van der Waals surface area (Å²) in [6.45, 7) is 4.80. The van der Waals surface area contributed by atoms with Crippen molar-refractivity contribution in [2.75, 3.05) is 13.2 Å². The summed E-state index contributed by atoms with van der Waals surface area (Å²) >= 11 is 0. The monoisotopic (exact) mass is 856 g/mol. The second kappa shape index (κ2) is 50.5. The van der Waals surface area contributed by atoms with E-state index in [4.69, 9.17) is 4.74 Å². The van der Waals surface area contributed by atoms with E-state index in [9.17, 15) is 19.8 Å². The van der Waals surface area contributed by atoms with E-state index in [-0.39, 0.29) is 18.5 Å². The Balaban J connectivity index is 3.51. The Morgan fingerprint density at radius 2 is 0.852 bits per heavy atom. The van der Waals surface area contributed by atoms with Crippen LogP contribution in [0.4, 0.5) is 0 Å². The van der Waals surface area contributed by atoms with Gasteiger partial charge in [-0.3, -0.25) is 9.59 Å². The third-order valence-electron chi connectivity index (χ3n) is 11.8. The molecule has 0 aromatic heterocycles. The Morgan fingerprint density at radius 3 is 1.33 bits per heavy atom. The molecule has 6 nitrogen and oxygen atoms in total. The third kappa shape index (κ3) is 47.1. The van der Waals surface area contributed by atoms with Gasteiger partial charge in [0.1, 0.15) is 0 Å². The van der Waals surface area contributed by atoms with Crippen molar-refractivity contribution in [2.45, 2.75) is 276 Å². The first-order valence-corrected chi connectivity index (χ1v) is 26.4. The molecule has 1 amide bonds. The lowest BCUT2D eigenvalue weighted by molar-refractivity contribution is -0.143. The first kappa shape index (κ1) is 58.8. The van der Waals surface area contributed by atoms with Gasteiger partial charge in [-0.15, -0.1) is 0 Å². The molecule has 0 saturated heterocycles. The lowest BCUT2D eigenvalue weighted by atomic mass is 10.0. The van der Waals surface area contributed by atoms with Crippen molar-refractivity contribution < 1.29 is 24.5 Å². The number of carbonyl (C=O) groups excluding carboxylic acids is 2. The molecule has 0 aliphatic rings. The van der Waals surface area contributed by atoms with Gasteiger partial charge in [0.25, 0.3) is 0 Å². The summed E-state index contributed by atoms with van der Waals surface area (Å²) in [4.78, 5) is 24.4. The molecule has 0 heterocycles. The average Bonchev–Trinajstić information content (AvgIpc) is 3.26. The van der Waals surface area contributed by atoms with Gasteiger partial charge in [-0.2, -0.15) is 0 Å². The smallest absolute Gasteiger partial charge is 0.305 e. The van der Waals surface area contributed by atoms with Gasteiger partial charge in [-0.25, -0.2) is 0 Å². The molecule has 0 aliphatic carbocycles. The summed E-state index contributed by atoms with van der Waals surface area (Å²) in [5, 5.41) is 23.0. The quantitative estimate of drug-likeness (QED) is 0.0322. The van der Waals surface area contributed by atoms with E-state index >= 15 is 0 Å². The zero-order chi connectivity index (χ0) is 44.4. The maximum absolute atomic E-state index is 12.4. The lowest BCUT2D eigenvalue weighted by Gasteiger charge is -2.20. The summed E-state index contributed by atoms with van der Waals surface area (Å²) in [5.41, 5.74) is 0. The number of hydrogen-bond donors (Lipinski definition) is 3. The molecular formula is C55H101NO5. The van der Waals surface area contributed by atoms with Crippen LogP contribution in [-0.4, -0.2) is 47.4 Å². The standard InChI is InChI=1S/C55H101NO5/c1-3-5-7-9-11-13-15-17-24-27-31-35-39-43-47-53(58)52(51-57)56-54(59)48-44-40-36-32-28-25-21-19-18-20-22-26-30-34-38-42-46-50-61-55(60)49-45-41-37-33-29-23-16-14-12-10-8-6-4-2/h8,10,14,16,18,20,43,47,52-53,57-58H,3-7,9,11-13,15,17,19,21-42,44-46,48-51H2,1-2H3,(H,56,59)/b10-8-,16-14-,20-18-,47-43+. The maximum atomic E-state index is 12.4. The number of unbranched alkanes of at least 4 members (excludes halogenated alkanes) is 31. The number of rotatable bonds is 48. The van der Waals surface area contributed by atoms with Crippen molar-refractivity contribution in [3.8, 4) is 0 Å². The Kier molecular flexibility index (Phi) is 48.7. The van der Waals surface area contributed by atoms with Gasteiger partial charge in [0.15, 0.2) is 0 Å². The summed E-state index contributed by atoms with van der Waals surface area (Å²) in [5.74, 6) is -0.101. The first-order chi connectivity index (χ1) is 30.0. The minimum absolute atomic E-state index is 0.0190. The van der Waals surface area contributed by atoms with E-state index in [0.717, 1.165) is 70.6 Å². The molecule has 0 fully saturated rings. The predicted molar refractivity (Wildman–Crippen MR) is 264 cm³/mol. The van der Waals surface area contributed by atoms with E-state index in [1.165, 1.54) is 167 Å². The van der Waals surface area contributed by atoms with Crippen molar-refractivity contribution >= 4 is 11.9 Å². The Hall–Kier alpha value is -2.18. The van der Waals surface area contributed by atoms with Gasteiger partial charge < -0.3 is 20.3 Å². The molecule has 2 atom stereocenters. The molecule has 0 spiro atoms. The molecule has 0 saturated carbocycles. The highest BCUT2D eigenvalue weighted by Gasteiger charge is 2.18. The highest BCUT2D eigenvalue weighted by atomic mass is 16.5. The number of aliphatic hydroxyl groups excluding tert-OH is 2. The van der Waals surface area contributed by atoms with Crippen molar-refractivity contribution in [1.82, 2.24) is 5.32 Å². The molecular weight excluding hydrogens is 755 g/mol. The second-order valence-corrected chi connectivity index (χ2v) is 17.8. The fraction of sp³-hybridized carbons (Fsp3) is 0.818. The predicted octanol–water partition coefficient (Wildman–Crippen LogP) is 15.8. The Morgan fingerprint density at radius 1 is 0.459 bits per heavy atom. The van der Waals surface area contributed by atoms with E-state index in [1.54, 1.807) is 6.08 Å². The van der Waals surface area contributed by atoms with Gasteiger partial charge in [0, 0.05) is 12.8 Å². The highest BCUT2D eigenvalue weighted by molar-refractivity contribution is 5.76. The summed E-state index contributed by atoms with van der Waals surface area (Å²) in [6.07, 6.45) is 62.5. The zero-order valence-corrected chi connectivity index (χ0v) is 40.4. The van der Waals surface area contributed by atoms with Gasteiger partial charge in [-0.1, -0.05) is 217 Å². The summed E-state index contributed by atoms with van der Waals surface area (Å²) < 4.78 is 5.44. The van der Waals surface area contributed by atoms with Crippen LogP contribution in [0.3, 0.4) is 0 Å². The Labute approximate surface area is 378 Å². The number of nitrogens with one attached hydrogen (secondary N) is 1. The van der Waals surface area contributed by atoms with Crippen LogP contribution in [0, 0.1) is 0 Å². The van der Waals surface area contributed by atoms with Crippen LogP contribution in [0.15, 0.2) is 48.6 Å². The average molecular weight is 856 g/mol. The van der Waals surface area contributed by atoms with Crippen molar-refractivity contribution in [2.24, 2.45) is 0 Å². The lowest BCUT2D eigenvalue weighted by Crippen LogP contribution is -2.45. The molecule has 356 valence electrons. The molecule has 2 unspecified atom stereocenters. The molecule has 0 aromatic carbocycles. The molecule has 6 heteroatoms. The fourth-order valence-electron chi connectivity index (χ4n) is 7.72. The van der Waals surface area contributed by atoms with Crippen LogP contribution in [0.2, 0.25) is 0 Å². The molecule has 3 N–H and O–H groups in total. The van der Waals surface area contributed by atoms with Gasteiger partial charge in [-0.05, 0) is 83.5 Å². The molecule has 0 rings (SSSR count). The summed E-state index contributed by atoms with van der Waals surface area (Å²) in [7, 11) is 0. The SMILES string of the molecule is CCC/C=C\C/C=C\CCCCCCCC(=O)OCCCCCCCC/C=C\CCCCCCCCCC(=O)NC(CO)C(O)/C=C/CCCCCCCCCCCCCC. The molecule has 61 heavy (non-hydrogen) atoms. The summed E-state index contributed by atoms with van der Waals surface area (Å²) in [6, 6.07) is -0.637. The number of hydrogen-bond acceptors (Lipinski definition) is 5. The van der Waals surface area contributed by atoms with Crippen LogP contribution in [0.25, 0.3) is 0 Å². The van der Waals surface area contributed by atoms with E-state index < -0.39 is 12.1 Å². The number of aliphatic hydroxyl groups is 2. The van der Waals surface area contributed by atoms with Crippen molar-refractivity contribution in [3.63, 3.8) is 0 Å². The van der Waals surface area contributed by atoms with E-state index in [1.807, 2.05) is 6.08 Å². The van der Waals surface area contributed by atoms with E-state index in [0.29, 0.717) is 19.4 Å². The van der Waals surface area contributed by atoms with Crippen LogP contribution < -0.4 is 5.32 Å². The number of carbonyl (C=O) groups is 2. The second-order valence-electron chi connectivity index (χ2n) is 17.8. The van der Waals surface area contributed by atoms with Gasteiger partial charge in [0.05, 0.1) is 25.4 Å². The largest absolute Gasteiger partial charge is 0.466 e. The highest BCUT2D eigenvalue weighted by Crippen LogP contribution is 2.15. The Bertz CT molecular complexity index is 1040. The number of esters is 1. The van der Waals surface area contributed by atoms with Crippen LogP contribution >= 0.6 is 0 Å². The number of ether oxygens (including phenoxy) is 1. The molecule has 0 aliphatic heterocycles. The van der Waals surface area contributed by atoms with E-state index in [2.05, 4.69) is 55.6 Å². The van der Waals surface area contributed by atoms with Crippen LogP contribution in [-0.2, 0) is 14.3 Å². The van der Waals surface area contributed by atoms with Crippen LogP contribution in [0.5, 0.6) is 0 Å². The van der Waals surface area contributed by atoms with Crippen LogP contribution in [0.1, 0.15) is 264 Å². The topological polar surface area (TPSA) is 95.9 Å². The number of allylic oxidation sites excluding steroid dienone is 7. The molecule has 0 aromatic rings. The van der Waals surface area contributed by atoms with Gasteiger partial charge in [0.2, 0.25) is 5.91 Å². The maximum Gasteiger partial charge on any atom is 0.305 e. The first-order valence-electron chi connectivity index (χ1n) is 26.4. The normalized spacial score (nSPS) is 13.0. The zero-order valence-electron chi connectivity index (χ0n) is 40.4. The molecule has 0 radical (unpaired) electrons. The minimum atomic E-state index is -0.853. The van der Waals surface area contributed by atoms with Crippen molar-refractivity contribution in [3.05, 3.63) is 48.6 Å². The fourth-order valence-corrected chi connectivity index (χ4v) is 7.72. The van der Waals surface area contributed by atoms with Gasteiger partial charge >= 0.3 is 5.97 Å². The number of amides is 1. The third-order valence-corrected chi connectivity index (χ3v) is 11.8. The van der Waals surface area contributed by atoms with Crippen molar-refractivity contribution in [1.29, 1.82) is 0 Å².